The third-order valence-electron chi connectivity index (χ3n) is 5.41. The van der Waals surface area contributed by atoms with E-state index >= 15 is 0 Å². The van der Waals surface area contributed by atoms with Gasteiger partial charge in [-0.05, 0) is 28.5 Å². The summed E-state index contributed by atoms with van der Waals surface area (Å²) in [5.74, 6) is -0.535. The van der Waals surface area contributed by atoms with Crippen LogP contribution in [0.3, 0.4) is 0 Å². The van der Waals surface area contributed by atoms with Gasteiger partial charge in [-0.1, -0.05) is 58.9 Å². The summed E-state index contributed by atoms with van der Waals surface area (Å²) in [5.41, 5.74) is 2.99. The maximum Gasteiger partial charge on any atom is 0.260 e. The van der Waals surface area contributed by atoms with Crippen LogP contribution in [0.2, 0.25) is 0 Å². The van der Waals surface area contributed by atoms with Crippen LogP contribution in [0, 0.1) is 5.41 Å². The van der Waals surface area contributed by atoms with E-state index in [0.717, 1.165) is 17.7 Å². The van der Waals surface area contributed by atoms with Gasteiger partial charge in [0, 0.05) is 31.3 Å². The van der Waals surface area contributed by atoms with Crippen molar-refractivity contribution in [2.24, 2.45) is 5.41 Å². The van der Waals surface area contributed by atoms with E-state index < -0.39 is 6.23 Å². The molecule has 0 spiro atoms. The summed E-state index contributed by atoms with van der Waals surface area (Å²) in [6, 6.07) is 10.7. The zero-order valence-corrected chi connectivity index (χ0v) is 19.1. The number of nitrogens with zero attached hydrogens (tertiary/aromatic N) is 1. The van der Waals surface area contributed by atoms with Gasteiger partial charge in [-0.2, -0.15) is 0 Å². The molecule has 2 aromatic rings. The number of amides is 1. The van der Waals surface area contributed by atoms with Gasteiger partial charge in [-0.25, -0.2) is 0 Å². The van der Waals surface area contributed by atoms with Crippen molar-refractivity contribution in [3.8, 4) is 11.5 Å². The first-order valence-corrected chi connectivity index (χ1v) is 10.9. The van der Waals surface area contributed by atoms with Crippen molar-refractivity contribution in [2.75, 3.05) is 19.7 Å². The minimum atomic E-state index is -0.518. The number of benzene rings is 2. The monoisotopic (exact) mass is 426 g/mol. The Labute approximate surface area is 184 Å². The number of fused-ring (bicyclic) bond motifs is 1. The fraction of sp³-hybridized carbons (Fsp3) is 0.480. The quantitative estimate of drug-likeness (QED) is 0.567. The average molecular weight is 427 g/mol. The first kappa shape index (κ1) is 23.1. The van der Waals surface area contributed by atoms with E-state index in [9.17, 15) is 15.0 Å². The first-order valence-electron chi connectivity index (χ1n) is 10.9. The third kappa shape index (κ3) is 5.38. The van der Waals surface area contributed by atoms with Crippen LogP contribution in [0.4, 0.5) is 0 Å². The van der Waals surface area contributed by atoms with E-state index in [0.29, 0.717) is 25.3 Å². The van der Waals surface area contributed by atoms with Gasteiger partial charge in [0.15, 0.2) is 6.23 Å². The molecule has 1 heterocycles. The zero-order valence-electron chi connectivity index (χ0n) is 19.1. The molecule has 0 fully saturated rings. The number of aromatic hydroxyl groups is 2. The van der Waals surface area contributed by atoms with Gasteiger partial charge in [0.05, 0.1) is 12.2 Å². The molecule has 1 aliphatic rings. The lowest BCUT2D eigenvalue weighted by atomic mass is 9.97. The van der Waals surface area contributed by atoms with Gasteiger partial charge in [0.25, 0.3) is 5.91 Å². The number of phenols is 2. The van der Waals surface area contributed by atoms with E-state index in [4.69, 9.17) is 4.74 Å². The molecule has 31 heavy (non-hydrogen) atoms. The molecule has 0 bridgehead atoms. The van der Waals surface area contributed by atoms with E-state index in [1.165, 1.54) is 6.07 Å². The molecule has 6 nitrogen and oxygen atoms in total. The highest BCUT2D eigenvalue weighted by atomic mass is 16.5. The van der Waals surface area contributed by atoms with Gasteiger partial charge < -0.3 is 25.2 Å². The predicted octanol–water partition coefficient (Wildman–Crippen LogP) is 4.53. The van der Waals surface area contributed by atoms with E-state index in [-0.39, 0.29) is 34.3 Å². The zero-order chi connectivity index (χ0) is 22.8. The molecule has 0 aromatic heterocycles. The molecule has 1 aliphatic heterocycles. The van der Waals surface area contributed by atoms with Crippen molar-refractivity contribution in [1.82, 2.24) is 10.2 Å². The smallest absolute Gasteiger partial charge is 0.260 e. The van der Waals surface area contributed by atoms with Crippen molar-refractivity contribution in [2.45, 2.75) is 53.3 Å². The molecule has 1 atom stereocenters. The summed E-state index contributed by atoms with van der Waals surface area (Å²) in [5, 5.41) is 23.9. The Balaban J connectivity index is 1.80. The van der Waals surface area contributed by atoms with E-state index in [2.05, 4.69) is 26.1 Å². The highest BCUT2D eigenvalue weighted by molar-refractivity contribution is 5.98. The molecule has 1 unspecified atom stereocenters. The van der Waals surface area contributed by atoms with Crippen molar-refractivity contribution in [3.05, 3.63) is 58.7 Å². The fourth-order valence-electron chi connectivity index (χ4n) is 3.80. The molecule has 3 rings (SSSR count). The molecule has 2 aromatic carbocycles. The number of ether oxygens (including phenoxy) is 1. The topological polar surface area (TPSA) is 82.0 Å². The van der Waals surface area contributed by atoms with Gasteiger partial charge in [0.1, 0.15) is 11.5 Å². The average Bonchev–Trinajstić information content (AvgIpc) is 3.05. The van der Waals surface area contributed by atoms with Crippen LogP contribution in [0.15, 0.2) is 36.4 Å². The normalized spacial score (nSPS) is 16.1. The van der Waals surface area contributed by atoms with Gasteiger partial charge in [-0.3, -0.25) is 4.79 Å². The van der Waals surface area contributed by atoms with Crippen molar-refractivity contribution in [1.29, 1.82) is 0 Å². The number of carbonyl (C=O) groups is 1. The summed E-state index contributed by atoms with van der Waals surface area (Å²) in [6.45, 7) is 12.8. The maximum absolute atomic E-state index is 13.4. The summed E-state index contributed by atoms with van der Waals surface area (Å²) < 4.78 is 6.15. The SMILES string of the molecule is CC(C)c1cc(C(=O)N2Cc3ccccc3C2OCCNCC(C)(C)C)c(O)cc1O. The molecular formula is C25H34N2O4. The number of phenolic OH excluding ortho intramolecular Hbond substituents is 2. The maximum atomic E-state index is 13.4. The highest BCUT2D eigenvalue weighted by Crippen LogP contribution is 2.38. The summed E-state index contributed by atoms with van der Waals surface area (Å²) in [6.07, 6.45) is -0.518. The minimum absolute atomic E-state index is 0.00789. The lowest BCUT2D eigenvalue weighted by Crippen LogP contribution is -2.34. The number of carbonyl (C=O) groups excluding carboxylic acids is 1. The molecule has 6 heteroatoms. The number of nitrogens with one attached hydrogen (secondary N) is 1. The molecule has 0 saturated heterocycles. The Morgan fingerprint density at radius 2 is 1.90 bits per heavy atom. The van der Waals surface area contributed by atoms with Crippen LogP contribution in [0.25, 0.3) is 0 Å². The van der Waals surface area contributed by atoms with Crippen LogP contribution in [0.1, 0.15) is 73.8 Å². The highest BCUT2D eigenvalue weighted by Gasteiger charge is 2.36. The predicted molar refractivity (Wildman–Crippen MR) is 121 cm³/mol. The Kier molecular flexibility index (Phi) is 6.92. The molecule has 3 N–H and O–H groups in total. The van der Waals surface area contributed by atoms with Gasteiger partial charge >= 0.3 is 0 Å². The van der Waals surface area contributed by atoms with Crippen molar-refractivity contribution in [3.63, 3.8) is 0 Å². The van der Waals surface area contributed by atoms with Crippen LogP contribution in [-0.2, 0) is 11.3 Å². The molecular weight excluding hydrogens is 392 g/mol. The molecule has 168 valence electrons. The Hall–Kier alpha value is -2.57. The summed E-state index contributed by atoms with van der Waals surface area (Å²) in [4.78, 5) is 15.1. The Bertz CT molecular complexity index is 934. The fourth-order valence-corrected chi connectivity index (χ4v) is 3.80. The molecule has 0 aliphatic carbocycles. The lowest BCUT2D eigenvalue weighted by molar-refractivity contribution is -0.0392. The standard InChI is InChI=1S/C25H34N2O4/c1-16(2)19-12-20(22(29)13-21(19)28)23(30)27-14-17-8-6-7-9-18(17)24(27)31-11-10-26-15-25(3,4)5/h6-9,12-13,16,24,26,28-29H,10-11,14-15H2,1-5H3. The van der Waals surface area contributed by atoms with Crippen LogP contribution in [-0.4, -0.2) is 40.7 Å². The van der Waals surface area contributed by atoms with Crippen LogP contribution in [0.5, 0.6) is 11.5 Å². The second-order valence-electron chi connectivity index (χ2n) is 9.68. The van der Waals surface area contributed by atoms with E-state index in [1.807, 2.05) is 38.1 Å². The minimum Gasteiger partial charge on any atom is -0.508 e. The van der Waals surface area contributed by atoms with Gasteiger partial charge in [-0.15, -0.1) is 0 Å². The number of hydrogen-bond acceptors (Lipinski definition) is 5. The van der Waals surface area contributed by atoms with Crippen molar-refractivity contribution >= 4 is 5.91 Å². The van der Waals surface area contributed by atoms with Crippen LogP contribution >= 0.6 is 0 Å². The number of rotatable bonds is 7. The Morgan fingerprint density at radius 1 is 1.19 bits per heavy atom. The summed E-state index contributed by atoms with van der Waals surface area (Å²) in [7, 11) is 0. The van der Waals surface area contributed by atoms with Crippen molar-refractivity contribution < 1.29 is 19.7 Å². The van der Waals surface area contributed by atoms with E-state index in [1.54, 1.807) is 11.0 Å². The largest absolute Gasteiger partial charge is 0.508 e. The first-order chi connectivity index (χ1) is 14.6. The second kappa shape index (κ2) is 9.28. The lowest BCUT2D eigenvalue weighted by Gasteiger charge is -2.27. The van der Waals surface area contributed by atoms with Crippen LogP contribution < -0.4 is 5.32 Å². The van der Waals surface area contributed by atoms with Gasteiger partial charge in [0.2, 0.25) is 0 Å². The second-order valence-corrected chi connectivity index (χ2v) is 9.68. The Morgan fingerprint density at radius 3 is 2.58 bits per heavy atom. The molecule has 0 saturated carbocycles. The third-order valence-corrected chi connectivity index (χ3v) is 5.41. The molecule has 0 radical (unpaired) electrons. The summed E-state index contributed by atoms with van der Waals surface area (Å²) >= 11 is 0. The number of hydrogen-bond donors (Lipinski definition) is 3. The molecule has 1 amide bonds.